The Morgan fingerprint density at radius 2 is 1.03 bits per heavy atom. The number of hydrogen-bond acceptors (Lipinski definition) is 2. The van der Waals surface area contributed by atoms with Crippen LogP contribution in [0.2, 0.25) is 0 Å². The molecule has 66 heavy (non-hydrogen) atoms. The van der Waals surface area contributed by atoms with E-state index in [9.17, 15) is 0 Å². The largest absolute Gasteiger partial charge is 0.329 e. The lowest BCUT2D eigenvalue weighted by molar-refractivity contribution is 0.332. The van der Waals surface area contributed by atoms with Gasteiger partial charge in [-0.25, -0.2) is 0 Å². The second kappa shape index (κ2) is 14.2. The highest BCUT2D eigenvalue weighted by atomic mass is 15.2. The summed E-state index contributed by atoms with van der Waals surface area (Å²) in [5.41, 5.74) is 26.1. The molecule has 2 aliphatic heterocycles. The average molecular weight is 857 g/mol. The van der Waals surface area contributed by atoms with Gasteiger partial charge in [0.2, 0.25) is 0 Å². The first-order valence-electron chi connectivity index (χ1n) is 24.2. The van der Waals surface area contributed by atoms with Crippen molar-refractivity contribution in [2.24, 2.45) is 0 Å². The van der Waals surface area contributed by atoms with Crippen LogP contribution in [0.15, 0.2) is 170 Å². The van der Waals surface area contributed by atoms with Gasteiger partial charge in [-0.2, -0.15) is 0 Å². The Labute approximate surface area is 392 Å². The minimum atomic E-state index is -0.257. The van der Waals surface area contributed by atoms with Crippen molar-refractivity contribution in [3.63, 3.8) is 0 Å². The molecule has 1 unspecified atom stereocenters. The van der Waals surface area contributed by atoms with Crippen LogP contribution in [-0.4, -0.2) is 0 Å². The highest BCUT2D eigenvalue weighted by molar-refractivity contribution is 6.04. The molecule has 0 N–H and O–H groups in total. The van der Waals surface area contributed by atoms with Crippen LogP contribution in [0, 0.1) is 0 Å². The van der Waals surface area contributed by atoms with E-state index in [0.717, 1.165) is 12.8 Å². The SMILES string of the molecule is CC(C)(C)c1ccc(N2c3cc4c(cc3-c3cc(-c5ccccc5)cc5c3C2c2c(ccc3c2C(C)(C)c2ccccc2-3)N5c2ccccc2-c2ccccc2)C(C)(C)CCC4(C)C)cc1. The second-order valence-corrected chi connectivity index (χ2v) is 22.4. The predicted octanol–water partition coefficient (Wildman–Crippen LogP) is 17.7. The van der Waals surface area contributed by atoms with Gasteiger partial charge in [0.1, 0.15) is 0 Å². The molecule has 8 aromatic rings. The molecular weight excluding hydrogens is 797 g/mol. The second-order valence-electron chi connectivity index (χ2n) is 22.4. The van der Waals surface area contributed by atoms with Crippen LogP contribution in [0.4, 0.5) is 28.4 Å². The number of hydrogen-bond donors (Lipinski definition) is 0. The number of para-hydroxylation sites is 1. The summed E-state index contributed by atoms with van der Waals surface area (Å²) >= 11 is 0. The van der Waals surface area contributed by atoms with Crippen LogP contribution in [0.1, 0.15) is 120 Å². The summed E-state index contributed by atoms with van der Waals surface area (Å²) < 4.78 is 0. The Kier molecular flexibility index (Phi) is 8.78. The van der Waals surface area contributed by atoms with Gasteiger partial charge in [0.15, 0.2) is 0 Å². The highest BCUT2D eigenvalue weighted by Gasteiger charge is 2.49. The number of nitrogens with zero attached hydrogens (tertiary/aromatic N) is 2. The fourth-order valence-corrected chi connectivity index (χ4v) is 12.4. The van der Waals surface area contributed by atoms with E-state index < -0.39 is 0 Å². The topological polar surface area (TPSA) is 6.48 Å². The number of anilines is 5. The molecule has 0 saturated carbocycles. The monoisotopic (exact) mass is 856 g/mol. The molecule has 326 valence electrons. The summed E-state index contributed by atoms with van der Waals surface area (Å²) in [6.45, 7) is 21.8. The van der Waals surface area contributed by atoms with Crippen LogP contribution >= 0.6 is 0 Å². The third-order valence-electron chi connectivity index (χ3n) is 16.1. The third-order valence-corrected chi connectivity index (χ3v) is 16.1. The summed E-state index contributed by atoms with van der Waals surface area (Å²) in [5, 5.41) is 0. The maximum atomic E-state index is 2.77. The molecule has 0 saturated heterocycles. The van der Waals surface area contributed by atoms with Crippen LogP contribution in [0.3, 0.4) is 0 Å². The first-order valence-corrected chi connectivity index (χ1v) is 24.2. The number of fused-ring (bicyclic) bond motifs is 9. The van der Waals surface area contributed by atoms with Crippen molar-refractivity contribution in [3.8, 4) is 44.5 Å². The van der Waals surface area contributed by atoms with Crippen LogP contribution < -0.4 is 9.80 Å². The van der Waals surface area contributed by atoms with Crippen molar-refractivity contribution < 1.29 is 0 Å². The third kappa shape index (κ3) is 5.93. The van der Waals surface area contributed by atoms with Crippen LogP contribution in [-0.2, 0) is 21.7 Å². The van der Waals surface area contributed by atoms with E-state index in [-0.39, 0.29) is 27.7 Å². The minimum Gasteiger partial charge on any atom is -0.329 e. The summed E-state index contributed by atoms with van der Waals surface area (Å²) in [6.07, 6.45) is 2.32. The van der Waals surface area contributed by atoms with E-state index in [1.165, 1.54) is 112 Å². The van der Waals surface area contributed by atoms with Crippen molar-refractivity contribution in [3.05, 3.63) is 209 Å². The first kappa shape index (κ1) is 40.8. The van der Waals surface area contributed by atoms with E-state index in [2.05, 4.69) is 242 Å². The van der Waals surface area contributed by atoms with Crippen molar-refractivity contribution in [2.45, 2.75) is 103 Å². The van der Waals surface area contributed by atoms with Crippen molar-refractivity contribution >= 4 is 28.4 Å². The van der Waals surface area contributed by atoms with Gasteiger partial charge in [0.25, 0.3) is 0 Å². The standard InChI is InChI=1S/C64H60N2/c1-61(2,3)43-28-30-44(31-29-43)65-55-39-52-51(62(4,5)34-35-63(52,6)7)38-48(55)49-36-42(40-20-12-10-13-21-40)37-56-57(49)60(65)58-54(33-32-47-46-25-16-18-26-50(46)64(8,9)59(47)58)66(56)53-27-19-17-24-45(53)41-22-14-11-15-23-41/h10-33,36-39,60H,34-35H2,1-9H3. The van der Waals surface area contributed by atoms with E-state index in [1.54, 1.807) is 0 Å². The average Bonchev–Trinajstić information content (AvgIpc) is 3.56. The quantitative estimate of drug-likeness (QED) is 0.174. The van der Waals surface area contributed by atoms with Gasteiger partial charge in [-0.3, -0.25) is 0 Å². The Morgan fingerprint density at radius 1 is 0.424 bits per heavy atom. The molecule has 2 heterocycles. The summed E-state index contributed by atoms with van der Waals surface area (Å²) in [4.78, 5) is 5.42. The Hall–Kier alpha value is -6.64. The van der Waals surface area contributed by atoms with Gasteiger partial charge < -0.3 is 9.80 Å². The van der Waals surface area contributed by atoms with E-state index >= 15 is 0 Å². The predicted molar refractivity (Wildman–Crippen MR) is 279 cm³/mol. The zero-order valence-electron chi connectivity index (χ0n) is 40.1. The number of rotatable bonds is 4. The normalized spacial score (nSPS) is 17.8. The van der Waals surface area contributed by atoms with Gasteiger partial charge in [-0.1, -0.05) is 184 Å². The zero-order valence-corrected chi connectivity index (χ0v) is 40.1. The van der Waals surface area contributed by atoms with E-state index in [1.807, 2.05) is 0 Å². The lowest BCUT2D eigenvalue weighted by Gasteiger charge is -2.50. The Balaban J connectivity index is 1.27. The smallest absolute Gasteiger partial charge is 0.0894 e. The molecule has 0 spiro atoms. The molecule has 0 aromatic heterocycles. The molecule has 2 nitrogen and oxygen atoms in total. The molecule has 8 aromatic carbocycles. The van der Waals surface area contributed by atoms with Crippen molar-refractivity contribution in [2.75, 3.05) is 9.80 Å². The van der Waals surface area contributed by atoms with Gasteiger partial charge >= 0.3 is 0 Å². The molecule has 0 amide bonds. The first-order chi connectivity index (χ1) is 31.6. The fourth-order valence-electron chi connectivity index (χ4n) is 12.4. The Bertz CT molecular complexity index is 3250. The molecule has 2 aliphatic carbocycles. The Morgan fingerprint density at radius 3 is 1.71 bits per heavy atom. The number of benzene rings is 8. The van der Waals surface area contributed by atoms with E-state index in [4.69, 9.17) is 0 Å². The van der Waals surface area contributed by atoms with Gasteiger partial charge in [-0.05, 0) is 139 Å². The lowest BCUT2D eigenvalue weighted by atomic mass is 9.62. The van der Waals surface area contributed by atoms with Crippen LogP contribution in [0.25, 0.3) is 44.5 Å². The lowest BCUT2D eigenvalue weighted by Crippen LogP contribution is -2.38. The molecule has 0 radical (unpaired) electrons. The van der Waals surface area contributed by atoms with Gasteiger partial charge in [0, 0.05) is 33.4 Å². The molecular formula is C64H60N2. The summed E-state index contributed by atoms with van der Waals surface area (Å²) in [7, 11) is 0. The van der Waals surface area contributed by atoms with Gasteiger partial charge in [-0.15, -0.1) is 0 Å². The van der Waals surface area contributed by atoms with Crippen molar-refractivity contribution in [1.29, 1.82) is 0 Å². The molecule has 1 atom stereocenters. The minimum absolute atomic E-state index is 0.0291. The maximum Gasteiger partial charge on any atom is 0.0894 e. The van der Waals surface area contributed by atoms with Crippen molar-refractivity contribution in [1.82, 2.24) is 0 Å². The fraction of sp³-hybridized carbons (Fsp3) is 0.250. The van der Waals surface area contributed by atoms with E-state index in [0.29, 0.717) is 0 Å². The molecule has 12 rings (SSSR count). The summed E-state index contributed by atoms with van der Waals surface area (Å²) in [5.74, 6) is 0. The summed E-state index contributed by atoms with van der Waals surface area (Å²) in [6, 6.07) is 65.0. The van der Waals surface area contributed by atoms with Crippen LogP contribution in [0.5, 0.6) is 0 Å². The molecule has 2 heteroatoms. The molecule has 0 bridgehead atoms. The highest BCUT2D eigenvalue weighted by Crippen LogP contribution is 2.66. The molecule has 0 fully saturated rings. The maximum absolute atomic E-state index is 2.77. The zero-order chi connectivity index (χ0) is 45.5. The molecule has 4 aliphatic rings. The van der Waals surface area contributed by atoms with Gasteiger partial charge in [0.05, 0.1) is 28.8 Å².